The molecule has 0 bridgehead atoms. The fraction of sp³-hybridized carbons (Fsp3) is 0.857. The fourth-order valence-electron chi connectivity index (χ4n) is 3.48. The van der Waals surface area contributed by atoms with Gasteiger partial charge >= 0.3 is 0 Å². The third-order valence-electron chi connectivity index (χ3n) is 4.95. The molecule has 1 saturated heterocycles. The first-order chi connectivity index (χ1) is 9.00. The minimum Gasteiger partial charge on any atom is -0.369 e. The lowest BCUT2D eigenvalue weighted by Crippen LogP contribution is -2.54. The third-order valence-corrected chi connectivity index (χ3v) is 4.95. The van der Waals surface area contributed by atoms with E-state index < -0.39 is 0 Å². The molecule has 1 saturated carbocycles. The van der Waals surface area contributed by atoms with Gasteiger partial charge in [-0.3, -0.25) is 9.59 Å². The zero-order chi connectivity index (χ0) is 14.0. The average Bonchev–Trinajstić information content (AvgIpc) is 2.88. The van der Waals surface area contributed by atoms with E-state index in [1.807, 2.05) is 11.8 Å². The van der Waals surface area contributed by atoms with Crippen molar-refractivity contribution in [3.63, 3.8) is 0 Å². The summed E-state index contributed by atoms with van der Waals surface area (Å²) in [7, 11) is 0. The Kier molecular flexibility index (Phi) is 4.13. The zero-order valence-corrected chi connectivity index (χ0v) is 11.7. The Balaban J connectivity index is 2.14. The maximum atomic E-state index is 12.8. The smallest absolute Gasteiger partial charge is 0.230 e. The normalized spacial score (nSPS) is 30.3. The average molecular weight is 267 g/mol. The molecule has 1 heterocycles. The molecular formula is C14H25N3O2. The molecule has 2 rings (SSSR count). The largest absolute Gasteiger partial charge is 0.369 e. The maximum Gasteiger partial charge on any atom is 0.230 e. The quantitative estimate of drug-likeness (QED) is 0.785. The van der Waals surface area contributed by atoms with Crippen LogP contribution in [0.15, 0.2) is 0 Å². The third kappa shape index (κ3) is 2.61. The van der Waals surface area contributed by atoms with Crippen LogP contribution in [0.1, 0.15) is 45.4 Å². The summed E-state index contributed by atoms with van der Waals surface area (Å²) in [5, 5.41) is 0. The van der Waals surface area contributed by atoms with E-state index in [0.29, 0.717) is 13.1 Å². The lowest BCUT2D eigenvalue weighted by atomic mass is 9.82. The Bertz CT molecular complexity index is 364. The first kappa shape index (κ1) is 14.3. The van der Waals surface area contributed by atoms with Crippen LogP contribution in [0.5, 0.6) is 0 Å². The molecule has 2 amide bonds. The van der Waals surface area contributed by atoms with Gasteiger partial charge in [-0.1, -0.05) is 12.8 Å². The maximum absolute atomic E-state index is 12.8. The molecule has 2 unspecified atom stereocenters. The van der Waals surface area contributed by atoms with Crippen molar-refractivity contribution in [2.75, 3.05) is 13.1 Å². The number of rotatable bonds is 3. The van der Waals surface area contributed by atoms with Gasteiger partial charge in [-0.2, -0.15) is 0 Å². The molecule has 1 aliphatic heterocycles. The molecule has 0 aromatic carbocycles. The highest BCUT2D eigenvalue weighted by Crippen LogP contribution is 2.40. The highest BCUT2D eigenvalue weighted by Gasteiger charge is 2.45. The van der Waals surface area contributed by atoms with Crippen LogP contribution in [0.4, 0.5) is 0 Å². The number of hydrogen-bond donors (Lipinski definition) is 2. The molecule has 2 aliphatic rings. The molecule has 1 aliphatic carbocycles. The molecule has 5 heteroatoms. The monoisotopic (exact) mass is 267 g/mol. The predicted octanol–water partition coefficient (Wildman–Crippen LogP) is 0.618. The Morgan fingerprint density at radius 1 is 1.26 bits per heavy atom. The standard InChI is InChI=1S/C14H25N3O2/c1-10-4-5-11(12(16)18)8-17(10)13(19)14(9-15)6-2-3-7-14/h10-11H,2-9,15H2,1H3,(H2,16,18). The number of amides is 2. The number of likely N-dealkylation sites (tertiary alicyclic amines) is 1. The van der Waals surface area contributed by atoms with E-state index >= 15 is 0 Å². The minimum absolute atomic E-state index is 0.144. The lowest BCUT2D eigenvalue weighted by molar-refractivity contribution is -0.147. The van der Waals surface area contributed by atoms with Gasteiger partial charge in [0.1, 0.15) is 0 Å². The number of carbonyl (C=O) groups is 2. The Hall–Kier alpha value is -1.10. The summed E-state index contributed by atoms with van der Waals surface area (Å²) in [5.41, 5.74) is 10.9. The summed E-state index contributed by atoms with van der Waals surface area (Å²) in [6.45, 7) is 2.93. The molecule has 0 spiro atoms. The highest BCUT2D eigenvalue weighted by molar-refractivity contribution is 5.85. The minimum atomic E-state index is -0.381. The van der Waals surface area contributed by atoms with E-state index in [2.05, 4.69) is 0 Å². The molecule has 108 valence electrons. The van der Waals surface area contributed by atoms with Crippen molar-refractivity contribution in [1.29, 1.82) is 0 Å². The first-order valence-electron chi connectivity index (χ1n) is 7.30. The molecule has 4 N–H and O–H groups in total. The van der Waals surface area contributed by atoms with Gasteiger partial charge in [-0.15, -0.1) is 0 Å². The number of primary amides is 1. The predicted molar refractivity (Wildman–Crippen MR) is 73.0 cm³/mol. The summed E-state index contributed by atoms with van der Waals surface area (Å²) in [6, 6.07) is 0.187. The second-order valence-electron chi connectivity index (χ2n) is 6.17. The summed E-state index contributed by atoms with van der Waals surface area (Å²) in [4.78, 5) is 26.0. The van der Waals surface area contributed by atoms with Crippen LogP contribution >= 0.6 is 0 Å². The number of nitrogens with two attached hydrogens (primary N) is 2. The van der Waals surface area contributed by atoms with Crippen LogP contribution in [0.25, 0.3) is 0 Å². The van der Waals surface area contributed by atoms with Gasteiger partial charge in [0, 0.05) is 19.1 Å². The van der Waals surface area contributed by atoms with Crippen LogP contribution in [-0.4, -0.2) is 35.8 Å². The summed E-state index contributed by atoms with van der Waals surface area (Å²) < 4.78 is 0. The SMILES string of the molecule is CC1CCC(C(N)=O)CN1C(=O)C1(CN)CCCC1. The van der Waals surface area contributed by atoms with E-state index in [9.17, 15) is 9.59 Å². The number of carbonyl (C=O) groups excluding carboxylic acids is 2. The second kappa shape index (κ2) is 5.49. The zero-order valence-electron chi connectivity index (χ0n) is 11.7. The molecule has 0 aromatic heterocycles. The van der Waals surface area contributed by atoms with Crippen LogP contribution in [0.3, 0.4) is 0 Å². The van der Waals surface area contributed by atoms with E-state index in [1.165, 1.54) is 0 Å². The van der Waals surface area contributed by atoms with Gasteiger partial charge in [0.25, 0.3) is 0 Å². The van der Waals surface area contributed by atoms with Gasteiger partial charge in [-0.25, -0.2) is 0 Å². The van der Waals surface area contributed by atoms with Gasteiger partial charge in [-0.05, 0) is 32.6 Å². The first-order valence-corrected chi connectivity index (χ1v) is 7.30. The van der Waals surface area contributed by atoms with Crippen molar-refractivity contribution in [3.8, 4) is 0 Å². The Morgan fingerprint density at radius 2 is 1.89 bits per heavy atom. The van der Waals surface area contributed by atoms with E-state index in [-0.39, 0.29) is 29.2 Å². The summed E-state index contributed by atoms with van der Waals surface area (Å²) in [5.74, 6) is -0.347. The van der Waals surface area contributed by atoms with Gasteiger partial charge < -0.3 is 16.4 Å². The van der Waals surface area contributed by atoms with Crippen LogP contribution < -0.4 is 11.5 Å². The number of hydrogen-bond acceptors (Lipinski definition) is 3. The Labute approximate surface area is 114 Å². The van der Waals surface area contributed by atoms with Crippen molar-refractivity contribution in [3.05, 3.63) is 0 Å². The molecule has 0 radical (unpaired) electrons. The van der Waals surface area contributed by atoms with Crippen molar-refractivity contribution in [1.82, 2.24) is 4.90 Å². The van der Waals surface area contributed by atoms with Crippen molar-refractivity contribution < 1.29 is 9.59 Å². The highest BCUT2D eigenvalue weighted by atomic mass is 16.2. The van der Waals surface area contributed by atoms with Gasteiger partial charge in [0.15, 0.2) is 0 Å². The number of nitrogens with zero attached hydrogens (tertiary/aromatic N) is 1. The van der Waals surface area contributed by atoms with Crippen LogP contribution in [-0.2, 0) is 9.59 Å². The van der Waals surface area contributed by atoms with Crippen molar-refractivity contribution in [2.45, 2.75) is 51.5 Å². The van der Waals surface area contributed by atoms with Crippen LogP contribution in [0.2, 0.25) is 0 Å². The molecule has 2 fully saturated rings. The van der Waals surface area contributed by atoms with Crippen molar-refractivity contribution >= 4 is 11.8 Å². The molecule has 0 aromatic rings. The van der Waals surface area contributed by atoms with E-state index in [4.69, 9.17) is 11.5 Å². The van der Waals surface area contributed by atoms with Crippen molar-refractivity contribution in [2.24, 2.45) is 22.8 Å². The van der Waals surface area contributed by atoms with E-state index in [1.54, 1.807) is 0 Å². The van der Waals surface area contributed by atoms with E-state index in [0.717, 1.165) is 38.5 Å². The van der Waals surface area contributed by atoms with Gasteiger partial charge in [0.2, 0.25) is 11.8 Å². The topological polar surface area (TPSA) is 89.4 Å². The number of piperidine rings is 1. The van der Waals surface area contributed by atoms with Gasteiger partial charge in [0.05, 0.1) is 11.3 Å². The summed E-state index contributed by atoms with van der Waals surface area (Å²) in [6.07, 6.45) is 5.55. The molecule has 2 atom stereocenters. The lowest BCUT2D eigenvalue weighted by Gasteiger charge is -2.41. The molecule has 5 nitrogen and oxygen atoms in total. The molecule has 19 heavy (non-hydrogen) atoms. The Morgan fingerprint density at radius 3 is 2.42 bits per heavy atom. The van der Waals surface area contributed by atoms with Crippen LogP contribution in [0, 0.1) is 11.3 Å². The second-order valence-corrected chi connectivity index (χ2v) is 6.17. The molecular weight excluding hydrogens is 242 g/mol. The fourth-order valence-corrected chi connectivity index (χ4v) is 3.48. The summed E-state index contributed by atoms with van der Waals surface area (Å²) >= 11 is 0.